The number of nitriles is 1. The molecular weight excluding hydrogens is 166 g/mol. The fourth-order valence-electron chi connectivity index (χ4n) is 1.32. The van der Waals surface area contributed by atoms with Gasteiger partial charge in [-0.2, -0.15) is 5.26 Å². The Kier molecular flexibility index (Phi) is 2.81. The Morgan fingerprint density at radius 3 is 2.69 bits per heavy atom. The Morgan fingerprint density at radius 1 is 1.62 bits per heavy atom. The van der Waals surface area contributed by atoms with Crippen molar-refractivity contribution in [2.45, 2.75) is 25.9 Å². The van der Waals surface area contributed by atoms with Crippen LogP contribution in [0.3, 0.4) is 0 Å². The van der Waals surface area contributed by atoms with Gasteiger partial charge in [-0.05, 0) is 25.5 Å². The van der Waals surface area contributed by atoms with Crippen LogP contribution in [-0.2, 0) is 0 Å². The lowest BCUT2D eigenvalue weighted by Gasteiger charge is -2.29. The predicted octanol–water partition coefficient (Wildman–Crippen LogP) is -0.320. The first-order chi connectivity index (χ1) is 6.06. The second kappa shape index (κ2) is 3.69. The fourth-order valence-corrected chi connectivity index (χ4v) is 1.32. The Hall–Kier alpha value is -1.18. The van der Waals surface area contributed by atoms with Crippen molar-refractivity contribution < 1.29 is 5.06 Å². The lowest BCUT2D eigenvalue weighted by atomic mass is 10.0. The SMILES string of the molecule is CC1=CC([NH+](C)[O-])C(C#N)N=C1C. The first-order valence-corrected chi connectivity index (χ1v) is 4.19. The highest BCUT2D eigenvalue weighted by Gasteiger charge is 2.26. The van der Waals surface area contributed by atoms with Crippen LogP contribution in [0.5, 0.6) is 0 Å². The van der Waals surface area contributed by atoms with E-state index in [1.165, 1.54) is 7.05 Å². The molecule has 0 fully saturated rings. The first kappa shape index (κ1) is 9.90. The Morgan fingerprint density at radius 2 is 2.23 bits per heavy atom. The van der Waals surface area contributed by atoms with Crippen molar-refractivity contribution >= 4 is 5.71 Å². The van der Waals surface area contributed by atoms with Gasteiger partial charge in [0.1, 0.15) is 6.04 Å². The number of dihydropyridines is 1. The molecule has 13 heavy (non-hydrogen) atoms. The van der Waals surface area contributed by atoms with E-state index < -0.39 is 6.04 Å². The smallest absolute Gasteiger partial charge is 0.192 e. The van der Waals surface area contributed by atoms with Gasteiger partial charge in [-0.25, -0.2) is 0 Å². The quantitative estimate of drug-likeness (QED) is 0.561. The molecule has 70 valence electrons. The van der Waals surface area contributed by atoms with Crippen molar-refractivity contribution in [2.75, 3.05) is 7.05 Å². The zero-order chi connectivity index (χ0) is 10.0. The third-order valence-electron chi connectivity index (χ3n) is 2.27. The van der Waals surface area contributed by atoms with Crippen molar-refractivity contribution in [3.63, 3.8) is 0 Å². The van der Waals surface area contributed by atoms with Crippen molar-refractivity contribution in [3.8, 4) is 6.07 Å². The van der Waals surface area contributed by atoms with Gasteiger partial charge in [0.05, 0.1) is 13.1 Å². The fraction of sp³-hybridized carbons (Fsp3) is 0.556. The van der Waals surface area contributed by atoms with E-state index in [4.69, 9.17) is 5.26 Å². The zero-order valence-electron chi connectivity index (χ0n) is 8.03. The topological polar surface area (TPSA) is 63.6 Å². The second-order valence-electron chi connectivity index (χ2n) is 3.27. The molecule has 3 unspecified atom stereocenters. The Bertz CT molecular complexity index is 298. The van der Waals surface area contributed by atoms with E-state index in [2.05, 4.69) is 4.99 Å². The van der Waals surface area contributed by atoms with Crippen molar-refractivity contribution in [3.05, 3.63) is 16.9 Å². The lowest BCUT2D eigenvalue weighted by Crippen LogP contribution is -3.09. The number of hydroxylamine groups is 2. The van der Waals surface area contributed by atoms with E-state index in [1.807, 2.05) is 26.0 Å². The molecule has 0 saturated heterocycles. The predicted molar refractivity (Wildman–Crippen MR) is 50.3 cm³/mol. The molecule has 0 amide bonds. The minimum atomic E-state index is -0.527. The van der Waals surface area contributed by atoms with Gasteiger partial charge < -0.3 is 10.3 Å². The Balaban J connectivity index is 2.95. The van der Waals surface area contributed by atoms with Gasteiger partial charge in [0.25, 0.3) is 0 Å². The number of quaternary nitrogens is 1. The third-order valence-corrected chi connectivity index (χ3v) is 2.27. The second-order valence-corrected chi connectivity index (χ2v) is 3.27. The molecule has 1 heterocycles. The van der Waals surface area contributed by atoms with Crippen LogP contribution in [0.4, 0.5) is 0 Å². The summed E-state index contributed by atoms with van der Waals surface area (Å²) < 4.78 is 0. The highest BCUT2D eigenvalue weighted by Crippen LogP contribution is 2.10. The van der Waals surface area contributed by atoms with E-state index >= 15 is 0 Å². The molecule has 1 rings (SSSR count). The average molecular weight is 179 g/mol. The minimum Gasteiger partial charge on any atom is -0.634 e. The molecule has 0 saturated carbocycles. The van der Waals surface area contributed by atoms with Gasteiger partial charge in [0, 0.05) is 5.71 Å². The number of hydrogen-bond acceptors (Lipinski definition) is 3. The first-order valence-electron chi connectivity index (χ1n) is 4.19. The van der Waals surface area contributed by atoms with Gasteiger partial charge in [-0.1, -0.05) is 0 Å². The number of nitrogens with one attached hydrogen (secondary N) is 1. The molecule has 1 N–H and O–H groups in total. The van der Waals surface area contributed by atoms with Crippen molar-refractivity contribution in [1.82, 2.24) is 0 Å². The Labute approximate surface area is 77.8 Å². The van der Waals surface area contributed by atoms with E-state index in [0.717, 1.165) is 11.3 Å². The van der Waals surface area contributed by atoms with Crippen LogP contribution < -0.4 is 5.06 Å². The molecule has 1 aliphatic rings. The summed E-state index contributed by atoms with van der Waals surface area (Å²) in [5.74, 6) is 0. The summed E-state index contributed by atoms with van der Waals surface area (Å²) in [5.41, 5.74) is 1.84. The molecule has 0 radical (unpaired) electrons. The van der Waals surface area contributed by atoms with Gasteiger partial charge in [-0.15, -0.1) is 0 Å². The highest BCUT2D eigenvalue weighted by molar-refractivity contribution is 5.98. The molecule has 1 aliphatic heterocycles. The number of likely N-dealkylation sites (N-methyl/N-ethyl adjacent to an activating group) is 1. The van der Waals surface area contributed by atoms with Crippen molar-refractivity contribution in [2.24, 2.45) is 4.99 Å². The van der Waals surface area contributed by atoms with E-state index in [9.17, 15) is 5.21 Å². The largest absolute Gasteiger partial charge is 0.634 e. The van der Waals surface area contributed by atoms with E-state index in [0.29, 0.717) is 0 Å². The monoisotopic (exact) mass is 179 g/mol. The van der Waals surface area contributed by atoms with E-state index in [-0.39, 0.29) is 11.1 Å². The summed E-state index contributed by atoms with van der Waals surface area (Å²) in [5, 5.41) is 19.9. The minimum absolute atomic E-state index is 0.00199. The lowest BCUT2D eigenvalue weighted by molar-refractivity contribution is -0.847. The van der Waals surface area contributed by atoms with Gasteiger partial charge in [-0.3, -0.25) is 4.99 Å². The standard InChI is InChI=1S/C9H13N3O/c1-6-4-9(12(3)13)8(5-10)11-7(6)2/h4,8-9,12H,1-3H3. The van der Waals surface area contributed by atoms with Gasteiger partial charge >= 0.3 is 0 Å². The summed E-state index contributed by atoms with van der Waals surface area (Å²) in [6.07, 6.45) is 1.83. The van der Waals surface area contributed by atoms with Crippen LogP contribution in [0, 0.1) is 16.5 Å². The van der Waals surface area contributed by atoms with Crippen molar-refractivity contribution in [1.29, 1.82) is 5.26 Å². The molecule has 0 spiro atoms. The summed E-state index contributed by atoms with van der Waals surface area (Å²) in [6.45, 7) is 3.76. The van der Waals surface area contributed by atoms with Crippen LogP contribution in [0.1, 0.15) is 13.8 Å². The molecule has 4 heteroatoms. The zero-order valence-corrected chi connectivity index (χ0v) is 8.03. The number of rotatable bonds is 1. The number of nitrogens with zero attached hydrogens (tertiary/aromatic N) is 2. The molecule has 0 aliphatic carbocycles. The van der Waals surface area contributed by atoms with E-state index in [1.54, 1.807) is 0 Å². The molecule has 0 aromatic rings. The molecule has 4 nitrogen and oxygen atoms in total. The average Bonchev–Trinajstić information content (AvgIpc) is 2.08. The summed E-state index contributed by atoms with van der Waals surface area (Å²) >= 11 is 0. The number of allylic oxidation sites excluding steroid dienone is 1. The molecule has 0 aromatic carbocycles. The molecule has 0 bridgehead atoms. The van der Waals surface area contributed by atoms with Gasteiger partial charge in [0.2, 0.25) is 0 Å². The summed E-state index contributed by atoms with van der Waals surface area (Å²) in [4.78, 5) is 4.15. The highest BCUT2D eigenvalue weighted by atomic mass is 16.5. The molecular formula is C9H13N3O. The summed E-state index contributed by atoms with van der Waals surface area (Å²) in [7, 11) is 1.50. The maximum atomic E-state index is 11.2. The van der Waals surface area contributed by atoms with Crippen LogP contribution >= 0.6 is 0 Å². The summed E-state index contributed by atoms with van der Waals surface area (Å²) in [6, 6.07) is 1.15. The normalized spacial score (nSPS) is 30.1. The molecule has 0 aromatic heterocycles. The maximum absolute atomic E-state index is 11.2. The van der Waals surface area contributed by atoms with Crippen LogP contribution in [-0.4, -0.2) is 24.8 Å². The third kappa shape index (κ3) is 1.94. The van der Waals surface area contributed by atoms with Gasteiger partial charge in [0.15, 0.2) is 6.04 Å². The van der Waals surface area contributed by atoms with Crippen LogP contribution in [0.25, 0.3) is 0 Å². The van der Waals surface area contributed by atoms with Crippen LogP contribution in [0.15, 0.2) is 16.6 Å². The maximum Gasteiger partial charge on any atom is 0.192 e. The molecule has 3 atom stereocenters. The van der Waals surface area contributed by atoms with Crippen LogP contribution in [0.2, 0.25) is 0 Å². The number of aliphatic imine (C=N–C) groups is 1. The number of hydrogen-bond donors (Lipinski definition) is 1.